The fourth-order valence-electron chi connectivity index (χ4n) is 7.43. The van der Waals surface area contributed by atoms with Gasteiger partial charge in [-0.3, -0.25) is 14.4 Å². The van der Waals surface area contributed by atoms with Crippen LogP contribution in [0, 0.1) is 29.1 Å². The third-order valence-corrected chi connectivity index (χ3v) is 10.3. The molecule has 0 radical (unpaired) electrons. The van der Waals surface area contributed by atoms with E-state index < -0.39 is 23.2 Å². The van der Waals surface area contributed by atoms with Crippen molar-refractivity contribution in [2.75, 3.05) is 25.1 Å². The number of anilines is 1. The van der Waals surface area contributed by atoms with Gasteiger partial charge in [-0.2, -0.15) is 0 Å². The standard InChI is InChI=1S/C33H45N7O6/c1-17(2)25-15-40(32(44)37-25)33(31(43)36-24-10-11-46-16-24)13-21-8-9-23(12-22(21)14-33)35-30(42)28(26(19-4-5-19)20-6-7-20)38-29(41)27(39-45)18(3)34/h8-9,12,17,19-20,24-26,28,34,45H,4-7,10-11,13-16H2,1-3H3,(H,35,42)(H,36,43)(H,37,44)(H,38,41)/b34-18?,39-27+/t24?,25-,28-,33?/m0/s1. The molecule has 6 rings (SSSR count). The van der Waals surface area contributed by atoms with Crippen molar-refractivity contribution in [3.05, 3.63) is 29.3 Å². The second-order valence-corrected chi connectivity index (χ2v) is 14.1. The minimum Gasteiger partial charge on any atom is -0.410 e. The lowest BCUT2D eigenvalue weighted by Crippen LogP contribution is -2.62. The van der Waals surface area contributed by atoms with Crippen LogP contribution in [0.5, 0.6) is 0 Å². The summed E-state index contributed by atoms with van der Waals surface area (Å²) in [5.41, 5.74) is 0.578. The molecular formula is C33H45N7O6. The van der Waals surface area contributed by atoms with Crippen LogP contribution in [-0.2, 0) is 32.0 Å². The van der Waals surface area contributed by atoms with E-state index in [1.54, 1.807) is 11.0 Å². The Labute approximate surface area is 268 Å². The summed E-state index contributed by atoms with van der Waals surface area (Å²) in [7, 11) is 0. The Bertz CT molecular complexity index is 1440. The van der Waals surface area contributed by atoms with Crippen molar-refractivity contribution < 1.29 is 29.1 Å². The maximum atomic E-state index is 14.1. The number of urea groups is 1. The first kappa shape index (κ1) is 32.0. The number of ether oxygens (including phenoxy) is 1. The van der Waals surface area contributed by atoms with Crippen LogP contribution in [0.1, 0.15) is 64.0 Å². The van der Waals surface area contributed by atoms with Crippen LogP contribution in [-0.4, -0.2) is 88.7 Å². The first-order valence-electron chi connectivity index (χ1n) is 16.5. The summed E-state index contributed by atoms with van der Waals surface area (Å²) < 4.78 is 5.49. The van der Waals surface area contributed by atoms with Crippen LogP contribution < -0.4 is 21.3 Å². The monoisotopic (exact) mass is 635 g/mol. The molecule has 2 heterocycles. The summed E-state index contributed by atoms with van der Waals surface area (Å²) >= 11 is 0. The van der Waals surface area contributed by atoms with Crippen LogP contribution in [0.3, 0.4) is 0 Å². The normalized spacial score (nSPS) is 26.6. The van der Waals surface area contributed by atoms with Gasteiger partial charge in [-0.25, -0.2) is 4.79 Å². The second kappa shape index (κ2) is 12.7. The number of amides is 5. The van der Waals surface area contributed by atoms with E-state index in [-0.39, 0.29) is 47.5 Å². The Morgan fingerprint density at radius 1 is 1.11 bits per heavy atom. The number of carbonyl (C=O) groups excluding carboxylic acids is 4. The van der Waals surface area contributed by atoms with Crippen LogP contribution in [0.4, 0.5) is 10.5 Å². The van der Waals surface area contributed by atoms with Gasteiger partial charge in [0.2, 0.25) is 11.8 Å². The Balaban J connectivity index is 1.24. The van der Waals surface area contributed by atoms with Crippen LogP contribution >= 0.6 is 0 Å². The van der Waals surface area contributed by atoms with Crippen molar-refractivity contribution in [3.8, 4) is 0 Å². The quantitative estimate of drug-likeness (QED) is 0.116. The van der Waals surface area contributed by atoms with Crippen molar-refractivity contribution in [2.24, 2.45) is 28.8 Å². The molecule has 0 aromatic heterocycles. The highest BCUT2D eigenvalue weighted by Crippen LogP contribution is 2.51. The lowest BCUT2D eigenvalue weighted by molar-refractivity contribution is -0.132. The summed E-state index contributed by atoms with van der Waals surface area (Å²) in [5.74, 6) is -0.542. The van der Waals surface area contributed by atoms with Gasteiger partial charge in [-0.1, -0.05) is 25.1 Å². The Morgan fingerprint density at radius 2 is 1.80 bits per heavy atom. The number of nitrogens with one attached hydrogen (secondary N) is 5. The zero-order valence-corrected chi connectivity index (χ0v) is 26.7. The zero-order valence-electron chi connectivity index (χ0n) is 26.7. The maximum Gasteiger partial charge on any atom is 0.318 e. The predicted octanol–water partition coefficient (Wildman–Crippen LogP) is 2.21. The Kier molecular flexibility index (Phi) is 8.79. The fourth-order valence-corrected chi connectivity index (χ4v) is 7.43. The number of oxime groups is 1. The maximum absolute atomic E-state index is 14.1. The molecule has 248 valence electrons. The van der Waals surface area contributed by atoms with E-state index in [1.807, 2.05) is 26.0 Å². The van der Waals surface area contributed by atoms with Gasteiger partial charge >= 0.3 is 6.03 Å². The first-order chi connectivity index (χ1) is 22.0. The molecule has 5 aliphatic rings. The SMILES string of the molecule is CC(=N)/C(=N\O)C(=O)N[C@H](C(=O)Nc1ccc2c(c1)CC(C(=O)NC1CCOC1)(N1C[C@@H](C(C)C)NC1=O)C2)C(C1CC1)C1CC1. The number of hydrogen-bond donors (Lipinski definition) is 6. The zero-order chi connectivity index (χ0) is 32.7. The summed E-state index contributed by atoms with van der Waals surface area (Å²) in [6.45, 7) is 6.89. The van der Waals surface area contributed by atoms with Gasteiger partial charge in [0.25, 0.3) is 5.91 Å². The molecule has 2 saturated heterocycles. The van der Waals surface area contributed by atoms with E-state index >= 15 is 0 Å². The predicted molar refractivity (Wildman–Crippen MR) is 170 cm³/mol. The summed E-state index contributed by atoms with van der Waals surface area (Å²) in [5, 5.41) is 32.1. The first-order valence-corrected chi connectivity index (χ1v) is 16.5. The number of benzene rings is 1. The molecule has 3 aliphatic carbocycles. The summed E-state index contributed by atoms with van der Waals surface area (Å²) in [6, 6.07) is 4.25. The topological polar surface area (TPSA) is 185 Å². The number of hydrogen-bond acceptors (Lipinski definition) is 8. The average molecular weight is 636 g/mol. The highest BCUT2D eigenvalue weighted by atomic mass is 16.5. The third kappa shape index (κ3) is 6.33. The summed E-state index contributed by atoms with van der Waals surface area (Å²) in [4.78, 5) is 56.0. The molecule has 13 nitrogen and oxygen atoms in total. The Morgan fingerprint density at radius 3 is 2.37 bits per heavy atom. The molecule has 4 fully saturated rings. The molecule has 2 unspecified atom stereocenters. The van der Waals surface area contributed by atoms with E-state index in [0.717, 1.165) is 43.2 Å². The van der Waals surface area contributed by atoms with Crippen LogP contribution in [0.2, 0.25) is 0 Å². The fraction of sp³-hybridized carbons (Fsp3) is 0.636. The lowest BCUT2D eigenvalue weighted by atomic mass is 9.88. The van der Waals surface area contributed by atoms with E-state index in [4.69, 9.17) is 10.1 Å². The van der Waals surface area contributed by atoms with Crippen molar-refractivity contribution in [1.29, 1.82) is 5.41 Å². The van der Waals surface area contributed by atoms with Crippen LogP contribution in [0.25, 0.3) is 0 Å². The van der Waals surface area contributed by atoms with Gasteiger partial charge in [0.15, 0.2) is 5.71 Å². The summed E-state index contributed by atoms with van der Waals surface area (Å²) in [6.07, 6.45) is 5.33. The molecule has 2 saturated carbocycles. The van der Waals surface area contributed by atoms with Gasteiger partial charge in [0.05, 0.1) is 24.4 Å². The van der Waals surface area contributed by atoms with Crippen molar-refractivity contribution >= 4 is 40.9 Å². The van der Waals surface area contributed by atoms with Gasteiger partial charge in [-0.05, 0) is 86.0 Å². The van der Waals surface area contributed by atoms with E-state index in [0.29, 0.717) is 50.1 Å². The molecule has 1 aromatic rings. The molecule has 5 amide bonds. The van der Waals surface area contributed by atoms with Crippen molar-refractivity contribution in [2.45, 2.75) is 89.4 Å². The minimum absolute atomic E-state index is 0.0529. The number of rotatable bonds is 12. The smallest absolute Gasteiger partial charge is 0.318 e. The van der Waals surface area contributed by atoms with Gasteiger partial charge < -0.3 is 41.5 Å². The molecule has 4 atom stereocenters. The van der Waals surface area contributed by atoms with Gasteiger partial charge in [-0.15, -0.1) is 0 Å². The number of carbonyl (C=O) groups is 4. The van der Waals surface area contributed by atoms with Gasteiger partial charge in [0, 0.05) is 31.7 Å². The lowest BCUT2D eigenvalue weighted by Gasteiger charge is -2.37. The second-order valence-electron chi connectivity index (χ2n) is 14.1. The van der Waals surface area contributed by atoms with E-state index in [1.165, 1.54) is 6.92 Å². The third-order valence-electron chi connectivity index (χ3n) is 10.3. The van der Waals surface area contributed by atoms with E-state index in [9.17, 15) is 24.4 Å². The molecular weight excluding hydrogens is 590 g/mol. The number of fused-ring (bicyclic) bond motifs is 1. The van der Waals surface area contributed by atoms with E-state index in [2.05, 4.69) is 26.4 Å². The van der Waals surface area contributed by atoms with Crippen LogP contribution in [0.15, 0.2) is 23.4 Å². The molecule has 13 heteroatoms. The number of nitrogens with zero attached hydrogens (tertiary/aromatic N) is 2. The van der Waals surface area contributed by atoms with Crippen molar-refractivity contribution in [1.82, 2.24) is 20.9 Å². The highest BCUT2D eigenvalue weighted by Gasteiger charge is 2.54. The molecule has 6 N–H and O–H groups in total. The van der Waals surface area contributed by atoms with Crippen molar-refractivity contribution in [3.63, 3.8) is 0 Å². The molecule has 46 heavy (non-hydrogen) atoms. The molecule has 0 spiro atoms. The largest absolute Gasteiger partial charge is 0.410 e. The highest BCUT2D eigenvalue weighted by molar-refractivity contribution is 6.65. The molecule has 0 bridgehead atoms. The molecule has 1 aromatic carbocycles. The Hall–Kier alpha value is -4.00. The average Bonchev–Trinajstić information content (AvgIpc) is 3.89. The minimum atomic E-state index is -1.12. The van der Waals surface area contributed by atoms with Gasteiger partial charge in [0.1, 0.15) is 11.6 Å². The molecule has 2 aliphatic heterocycles.